The molecule has 1 atom stereocenters. The summed E-state index contributed by atoms with van der Waals surface area (Å²) in [6.07, 6.45) is -3.23. The standard InChI is InChI=1S/C34H31ClF5N5O6S3/c1-33(2,52(3,46)47)13-12-27-22-8-6-7-9-23(22)28(30(42-27)26(41)16-19-14-20(36)17-21(37)15-19)24-10-11-25(35)29-31(24)44(18-34(38,39)40)43-32(29)45(53(4,48)49)54(5,50)51/h6-11,14-15,17,26H,16,18,41H2,1-5H3/t26-/m0/s1. The molecule has 3 aromatic carbocycles. The lowest BCUT2D eigenvalue weighted by molar-refractivity contribution is -0.141. The van der Waals surface area contributed by atoms with Crippen LogP contribution in [0.1, 0.15) is 36.8 Å². The molecule has 0 saturated heterocycles. The summed E-state index contributed by atoms with van der Waals surface area (Å²) in [7, 11) is -13.2. The number of rotatable bonds is 9. The summed E-state index contributed by atoms with van der Waals surface area (Å²) in [5.41, 5.74) is 6.16. The Balaban J connectivity index is 1.98. The van der Waals surface area contributed by atoms with Crippen LogP contribution >= 0.6 is 11.6 Å². The van der Waals surface area contributed by atoms with Gasteiger partial charge in [-0.2, -0.15) is 18.3 Å². The minimum atomic E-state index is -4.98. The van der Waals surface area contributed by atoms with Crippen molar-refractivity contribution in [2.45, 2.75) is 43.8 Å². The quantitative estimate of drug-likeness (QED) is 0.141. The normalized spacial score (nSPS) is 13.6. The SMILES string of the molecule is CC(C)(C#Cc1nc([C@@H](N)Cc2cc(F)cc(F)c2)c(-c2ccc(Cl)c3c(N(S(C)(=O)=O)S(C)(=O)=O)nn(CC(F)(F)F)c23)c2ccccc12)S(C)(=O)=O. The maximum absolute atomic E-state index is 14.3. The lowest BCUT2D eigenvalue weighted by atomic mass is 9.90. The molecule has 0 saturated carbocycles. The first-order chi connectivity index (χ1) is 24.7. The number of hydrogen-bond donors (Lipinski definition) is 1. The molecule has 0 unspecified atom stereocenters. The molecule has 54 heavy (non-hydrogen) atoms. The summed E-state index contributed by atoms with van der Waals surface area (Å²) in [6, 6.07) is 10.2. The molecule has 2 aromatic heterocycles. The molecule has 5 aromatic rings. The van der Waals surface area contributed by atoms with Crippen LogP contribution in [0.4, 0.5) is 27.8 Å². The Morgan fingerprint density at radius 3 is 2.02 bits per heavy atom. The molecule has 2 N–H and O–H groups in total. The van der Waals surface area contributed by atoms with Crippen LogP contribution in [0.25, 0.3) is 32.8 Å². The Morgan fingerprint density at radius 2 is 1.48 bits per heavy atom. The van der Waals surface area contributed by atoms with Gasteiger partial charge in [0.15, 0.2) is 15.7 Å². The highest BCUT2D eigenvalue weighted by molar-refractivity contribution is 8.09. The second-order valence-corrected chi connectivity index (χ2v) is 19.9. The molecule has 5 rings (SSSR count). The smallest absolute Gasteiger partial charge is 0.322 e. The summed E-state index contributed by atoms with van der Waals surface area (Å²) in [4.78, 5) is 4.69. The highest BCUT2D eigenvalue weighted by Crippen LogP contribution is 2.45. The summed E-state index contributed by atoms with van der Waals surface area (Å²) in [6.45, 7) is 0.909. The van der Waals surface area contributed by atoms with E-state index in [0.29, 0.717) is 23.3 Å². The highest BCUT2D eigenvalue weighted by Gasteiger charge is 2.37. The molecule has 0 amide bonds. The summed E-state index contributed by atoms with van der Waals surface area (Å²) in [5, 5.41) is 3.54. The predicted molar refractivity (Wildman–Crippen MR) is 196 cm³/mol. The second-order valence-electron chi connectivity index (χ2n) is 13.0. The molecule has 0 fully saturated rings. The number of fused-ring (bicyclic) bond motifs is 2. The molecular weight excluding hydrogens is 801 g/mol. The van der Waals surface area contributed by atoms with Gasteiger partial charge < -0.3 is 5.73 Å². The number of aromatic nitrogens is 3. The van der Waals surface area contributed by atoms with E-state index in [9.17, 15) is 47.2 Å². The van der Waals surface area contributed by atoms with Crippen LogP contribution in [0.5, 0.6) is 0 Å². The first-order valence-corrected chi connectivity index (χ1v) is 21.5. The number of benzene rings is 3. The number of alkyl halides is 3. The van der Waals surface area contributed by atoms with Crippen molar-refractivity contribution in [1.29, 1.82) is 0 Å². The summed E-state index contributed by atoms with van der Waals surface area (Å²) >= 11 is 6.52. The van der Waals surface area contributed by atoms with Crippen molar-refractivity contribution in [3.05, 3.63) is 88.2 Å². The molecular formula is C34H31ClF5N5O6S3. The number of sulfonamides is 2. The van der Waals surface area contributed by atoms with E-state index in [1.54, 1.807) is 24.3 Å². The van der Waals surface area contributed by atoms with Crippen molar-refractivity contribution in [3.63, 3.8) is 0 Å². The van der Waals surface area contributed by atoms with Gasteiger partial charge in [0.1, 0.15) is 28.6 Å². The third kappa shape index (κ3) is 8.32. The van der Waals surface area contributed by atoms with Crippen LogP contribution in [0.3, 0.4) is 0 Å². The van der Waals surface area contributed by atoms with Crippen LogP contribution < -0.4 is 9.44 Å². The van der Waals surface area contributed by atoms with Crippen molar-refractivity contribution in [3.8, 4) is 23.0 Å². The van der Waals surface area contributed by atoms with Gasteiger partial charge in [-0.25, -0.2) is 39.0 Å². The zero-order valence-electron chi connectivity index (χ0n) is 29.0. The van der Waals surface area contributed by atoms with Gasteiger partial charge in [-0.1, -0.05) is 47.9 Å². The average Bonchev–Trinajstić information content (AvgIpc) is 3.34. The maximum atomic E-state index is 14.3. The van der Waals surface area contributed by atoms with Crippen molar-refractivity contribution in [2.24, 2.45) is 5.73 Å². The molecule has 0 aliphatic carbocycles. The topological polar surface area (TPSA) is 162 Å². The van der Waals surface area contributed by atoms with Crippen LogP contribution in [-0.2, 0) is 42.8 Å². The molecule has 0 spiro atoms. The Bertz CT molecular complexity index is 2690. The Kier molecular flexibility index (Phi) is 10.6. The first kappa shape index (κ1) is 40.8. The van der Waals surface area contributed by atoms with E-state index in [4.69, 9.17) is 17.3 Å². The molecule has 288 valence electrons. The van der Waals surface area contributed by atoms with Crippen molar-refractivity contribution in [1.82, 2.24) is 14.8 Å². The second kappa shape index (κ2) is 14.1. The number of nitrogens with two attached hydrogens (primary N) is 1. The Labute approximate surface area is 312 Å². The van der Waals surface area contributed by atoms with E-state index in [-0.39, 0.29) is 54.0 Å². The largest absolute Gasteiger partial charge is 0.408 e. The van der Waals surface area contributed by atoms with E-state index < -0.39 is 81.7 Å². The first-order valence-electron chi connectivity index (χ1n) is 15.5. The third-order valence-electron chi connectivity index (χ3n) is 8.28. The minimum Gasteiger partial charge on any atom is -0.322 e. The van der Waals surface area contributed by atoms with Gasteiger partial charge in [0.2, 0.25) is 20.0 Å². The average molecular weight is 832 g/mol. The van der Waals surface area contributed by atoms with E-state index in [2.05, 4.69) is 21.9 Å². The predicted octanol–water partition coefficient (Wildman–Crippen LogP) is 5.89. The number of anilines is 1. The number of halogens is 6. The molecule has 0 radical (unpaired) electrons. The van der Waals surface area contributed by atoms with Gasteiger partial charge in [-0.3, -0.25) is 4.68 Å². The van der Waals surface area contributed by atoms with E-state index in [0.717, 1.165) is 18.4 Å². The van der Waals surface area contributed by atoms with Crippen molar-refractivity contribution >= 4 is 69.0 Å². The molecule has 0 aliphatic heterocycles. The maximum Gasteiger partial charge on any atom is 0.408 e. The lowest BCUT2D eigenvalue weighted by Gasteiger charge is -2.21. The van der Waals surface area contributed by atoms with E-state index in [1.807, 2.05) is 0 Å². The van der Waals surface area contributed by atoms with E-state index >= 15 is 0 Å². The Hall–Kier alpha value is -4.35. The van der Waals surface area contributed by atoms with Gasteiger partial charge in [0.25, 0.3) is 0 Å². The lowest BCUT2D eigenvalue weighted by Crippen LogP contribution is -2.36. The number of nitrogens with zero attached hydrogens (tertiary/aromatic N) is 4. The fourth-order valence-electron chi connectivity index (χ4n) is 5.75. The van der Waals surface area contributed by atoms with Gasteiger partial charge in [0.05, 0.1) is 40.2 Å². The zero-order chi connectivity index (χ0) is 40.3. The van der Waals surface area contributed by atoms with Gasteiger partial charge in [0, 0.05) is 28.8 Å². The Morgan fingerprint density at radius 1 is 0.907 bits per heavy atom. The van der Waals surface area contributed by atoms with Crippen molar-refractivity contribution < 1.29 is 47.2 Å². The highest BCUT2D eigenvalue weighted by atomic mass is 35.5. The number of sulfone groups is 1. The van der Waals surface area contributed by atoms with Crippen LogP contribution in [0.15, 0.2) is 54.6 Å². The molecule has 20 heteroatoms. The van der Waals surface area contributed by atoms with Gasteiger partial charge in [-0.05, 0) is 55.3 Å². The summed E-state index contributed by atoms with van der Waals surface area (Å²) in [5.74, 6) is 2.72. The van der Waals surface area contributed by atoms with Crippen LogP contribution in [-0.4, -0.2) is 69.7 Å². The van der Waals surface area contributed by atoms with E-state index in [1.165, 1.54) is 26.0 Å². The molecule has 0 bridgehead atoms. The van der Waals surface area contributed by atoms with Gasteiger partial charge in [-0.15, -0.1) is 3.71 Å². The molecule has 0 aliphatic rings. The molecule has 11 nitrogen and oxygen atoms in total. The minimum absolute atomic E-state index is 0.00280. The summed E-state index contributed by atoms with van der Waals surface area (Å²) < 4.78 is 146. The number of pyridine rings is 1. The monoisotopic (exact) mass is 831 g/mol. The third-order valence-corrected chi connectivity index (χ3v) is 13.7. The van der Waals surface area contributed by atoms with Crippen LogP contribution in [0, 0.1) is 23.5 Å². The fraction of sp³-hybridized carbons (Fsp3) is 0.294. The molecule has 2 heterocycles. The fourth-order valence-corrected chi connectivity index (χ4v) is 9.07. The van der Waals surface area contributed by atoms with Crippen molar-refractivity contribution in [2.75, 3.05) is 22.5 Å². The number of hydrogen-bond acceptors (Lipinski definition) is 9. The van der Waals surface area contributed by atoms with Gasteiger partial charge >= 0.3 is 6.18 Å². The van der Waals surface area contributed by atoms with Crippen LogP contribution in [0.2, 0.25) is 5.02 Å². The zero-order valence-corrected chi connectivity index (χ0v) is 32.2.